The average Bonchev–Trinajstić information content (AvgIpc) is 3.61. The quantitative estimate of drug-likeness (QED) is 0.0913. The molecule has 0 spiro atoms. The molecular formula is C40H46ClF5N7NaO3S2. The molecule has 2 aromatic carbocycles. The Morgan fingerprint density at radius 3 is 2.17 bits per heavy atom. The molecule has 2 unspecified atom stereocenters. The molecule has 3 aromatic heterocycles. The number of benzene rings is 2. The molecule has 1 amide bonds. The molecule has 5 aromatic rings. The van der Waals surface area contributed by atoms with Crippen molar-refractivity contribution in [2.24, 2.45) is 0 Å². The van der Waals surface area contributed by atoms with E-state index in [0.29, 0.717) is 10.7 Å². The summed E-state index contributed by atoms with van der Waals surface area (Å²) >= 11 is 8.06. The van der Waals surface area contributed by atoms with Gasteiger partial charge in [-0.3, -0.25) is 13.7 Å². The molecule has 3 heterocycles. The second-order valence-electron chi connectivity index (χ2n) is 13.1. The maximum Gasteiger partial charge on any atom is 1.00 e. The van der Waals surface area contributed by atoms with Crippen LogP contribution in [0.15, 0.2) is 42.5 Å². The maximum atomic E-state index is 14.5. The first kappa shape index (κ1) is 51.6. The largest absolute Gasteiger partial charge is 1.00 e. The van der Waals surface area contributed by atoms with E-state index >= 15 is 0 Å². The first-order valence-electron chi connectivity index (χ1n) is 17.9. The topological polar surface area (TPSA) is 129 Å². The molecule has 0 saturated heterocycles. The van der Waals surface area contributed by atoms with Crippen LogP contribution >= 0.6 is 23.4 Å². The number of nitrogens with one attached hydrogen (secondary N) is 1. The smallest absolute Gasteiger partial charge is 0.400 e. The summed E-state index contributed by atoms with van der Waals surface area (Å²) in [5, 5.41) is 18.5. The van der Waals surface area contributed by atoms with Crippen LogP contribution in [0, 0.1) is 44.2 Å². The minimum Gasteiger partial charge on any atom is -0.400 e. The minimum absolute atomic E-state index is 0. The maximum absolute atomic E-state index is 14.5. The summed E-state index contributed by atoms with van der Waals surface area (Å²) in [5.74, 6) is 3.72. The zero-order chi connectivity index (χ0) is 43.7. The van der Waals surface area contributed by atoms with E-state index in [2.05, 4.69) is 32.1 Å². The third kappa shape index (κ3) is 13.8. The molecule has 0 aliphatic rings. The van der Waals surface area contributed by atoms with Gasteiger partial charge < -0.3 is 24.9 Å². The van der Waals surface area contributed by atoms with Gasteiger partial charge in [0.15, 0.2) is 0 Å². The molecule has 5 rings (SSSR count). The van der Waals surface area contributed by atoms with Gasteiger partial charge in [0.05, 0.1) is 27.7 Å². The first-order valence-corrected chi connectivity index (χ1v) is 21.0. The monoisotopic (exact) mass is 889 g/mol. The second kappa shape index (κ2) is 22.4. The van der Waals surface area contributed by atoms with Crippen LogP contribution in [0.4, 0.5) is 27.8 Å². The van der Waals surface area contributed by atoms with E-state index in [4.69, 9.17) is 21.7 Å². The number of fused-ring (bicyclic) bond motifs is 1. The van der Waals surface area contributed by atoms with Crippen molar-refractivity contribution in [3.63, 3.8) is 0 Å². The van der Waals surface area contributed by atoms with Crippen LogP contribution in [0.2, 0.25) is 5.02 Å². The van der Waals surface area contributed by atoms with Crippen molar-refractivity contribution in [3.05, 3.63) is 97.7 Å². The number of carbonyl (C=O) groups excluding carboxylic acids is 1. The summed E-state index contributed by atoms with van der Waals surface area (Å²) in [6, 6.07) is 7.94. The standard InChI is InChI=1S/C37H37ClF5N7O2S2.C2H6.CH4O.Na/c1-20-21(2)46-49(22(20)3)18-31(51)45-30(16-23-14-24(39)17-25(40)15-23)33-27(9-8-26(44-33)12-13-36(4,5)53-6)28-10-11-29(38)32-34(28)50(19-37(41,42)43)47-35(32)48-54(7)52;2*1-2;/h8-11,14-15,17,30H,16,18-19H2,1-7H3,(H2,45,47,48,51);1-2H3;2H,1H3;/q;;;+1/p-1. The van der Waals surface area contributed by atoms with Crippen molar-refractivity contribution in [1.29, 1.82) is 0 Å². The number of thioether (sulfide) groups is 1. The van der Waals surface area contributed by atoms with Crippen LogP contribution in [-0.2, 0) is 35.3 Å². The molecule has 19 heteroatoms. The van der Waals surface area contributed by atoms with Gasteiger partial charge in [-0.05, 0) is 100 Å². The summed E-state index contributed by atoms with van der Waals surface area (Å²) in [6.45, 7) is 11.6. The van der Waals surface area contributed by atoms with Crippen molar-refractivity contribution >= 4 is 57.0 Å². The van der Waals surface area contributed by atoms with Crippen LogP contribution in [0.3, 0.4) is 0 Å². The average molecular weight is 890 g/mol. The Kier molecular flexibility index (Phi) is 19.6. The molecule has 0 bridgehead atoms. The van der Waals surface area contributed by atoms with Crippen molar-refractivity contribution in [1.82, 2.24) is 29.9 Å². The van der Waals surface area contributed by atoms with E-state index in [-0.39, 0.29) is 92.3 Å². The molecule has 0 fully saturated rings. The summed E-state index contributed by atoms with van der Waals surface area (Å²) in [7, 11) is -0.855. The number of hydrogen-bond acceptors (Lipinski definition) is 7. The molecular weight excluding hydrogens is 844 g/mol. The molecule has 2 N–H and O–H groups in total. The first-order chi connectivity index (χ1) is 27.2. The minimum atomic E-state index is -4.73. The van der Waals surface area contributed by atoms with E-state index in [1.165, 1.54) is 34.8 Å². The van der Waals surface area contributed by atoms with E-state index in [9.17, 15) is 31.0 Å². The molecule has 0 saturated carbocycles. The van der Waals surface area contributed by atoms with Crippen LogP contribution < -0.4 is 34.9 Å². The van der Waals surface area contributed by atoms with Gasteiger partial charge in [0, 0.05) is 57.6 Å². The van der Waals surface area contributed by atoms with Crippen LogP contribution in [0.1, 0.15) is 67.6 Å². The van der Waals surface area contributed by atoms with Gasteiger partial charge in [-0.2, -0.15) is 18.3 Å². The van der Waals surface area contributed by atoms with Crippen molar-refractivity contribution in [3.8, 4) is 23.0 Å². The molecule has 2 atom stereocenters. The molecule has 59 heavy (non-hydrogen) atoms. The fraction of sp³-hybridized carbons (Fsp3) is 0.400. The number of pyridine rings is 1. The molecule has 0 aliphatic heterocycles. The van der Waals surface area contributed by atoms with E-state index < -0.39 is 52.0 Å². The molecule has 0 aliphatic carbocycles. The summed E-state index contributed by atoms with van der Waals surface area (Å²) in [4.78, 5) is 18.7. The normalized spacial score (nSPS) is 12.2. The van der Waals surface area contributed by atoms with Gasteiger partial charge in [0.2, 0.25) is 5.91 Å². The number of carbonyl (C=O) groups is 1. The number of aryl methyl sites for hydroxylation is 1. The predicted molar refractivity (Wildman–Crippen MR) is 222 cm³/mol. The zero-order valence-corrected chi connectivity index (χ0v) is 39.2. The summed E-state index contributed by atoms with van der Waals surface area (Å²) in [5.41, 5.74) is 3.27. The number of aliphatic hydroxyl groups is 1. The Morgan fingerprint density at radius 2 is 1.63 bits per heavy atom. The predicted octanol–water partition coefficient (Wildman–Crippen LogP) is 6.24. The fourth-order valence-corrected chi connectivity index (χ4v) is 6.51. The number of halogens is 6. The Bertz CT molecular complexity index is 2320. The zero-order valence-electron chi connectivity index (χ0n) is 34.8. The van der Waals surface area contributed by atoms with Crippen molar-refractivity contribution in [2.75, 3.05) is 19.6 Å². The Hall–Kier alpha value is -3.50. The fourth-order valence-electron chi connectivity index (χ4n) is 5.75. The van der Waals surface area contributed by atoms with Crippen LogP contribution in [0.5, 0.6) is 0 Å². The molecule has 314 valence electrons. The SMILES string of the molecule is CC.CO.CSC(C)(C)C#Cc1ccc(-c2ccc(Cl)c3c([N-]S(C)=O)nn(CC(F)(F)F)c23)c(C(Cc2cc(F)cc(F)c2)NC(=O)Cn2nc(C)c(C)c2C)n1.[Na+]. The Labute approximate surface area is 375 Å². The van der Waals surface area contributed by atoms with Gasteiger partial charge in [0.1, 0.15) is 30.4 Å². The number of hydrogen-bond donors (Lipinski definition) is 2. The summed E-state index contributed by atoms with van der Waals surface area (Å²) < 4.78 is 88.9. The van der Waals surface area contributed by atoms with Gasteiger partial charge in [0.25, 0.3) is 0 Å². The number of aromatic nitrogens is 5. The second-order valence-corrected chi connectivity index (χ2v) is 15.9. The van der Waals surface area contributed by atoms with Crippen molar-refractivity contribution in [2.45, 2.75) is 84.9 Å². The molecule has 0 radical (unpaired) electrons. The molecule has 10 nitrogen and oxygen atoms in total. The van der Waals surface area contributed by atoms with Crippen LogP contribution in [0.25, 0.3) is 26.8 Å². The van der Waals surface area contributed by atoms with Gasteiger partial charge >= 0.3 is 35.7 Å². The Morgan fingerprint density at radius 1 is 1.02 bits per heavy atom. The number of alkyl halides is 3. The van der Waals surface area contributed by atoms with E-state index in [1.54, 1.807) is 12.1 Å². The van der Waals surface area contributed by atoms with Gasteiger partial charge in [-0.15, -0.1) is 11.8 Å². The third-order valence-electron chi connectivity index (χ3n) is 8.65. The van der Waals surface area contributed by atoms with Gasteiger partial charge in [-0.25, -0.2) is 13.8 Å². The van der Waals surface area contributed by atoms with Gasteiger partial charge in [-0.1, -0.05) is 37.4 Å². The number of aliphatic hydroxyl groups excluding tert-OH is 1. The number of rotatable bonds is 11. The number of nitrogens with zero attached hydrogens (tertiary/aromatic N) is 6. The Balaban J connectivity index is 0.00000233. The van der Waals surface area contributed by atoms with Crippen molar-refractivity contribution < 1.29 is 65.6 Å². The summed E-state index contributed by atoms with van der Waals surface area (Å²) in [6.07, 6.45) is -1.78. The van der Waals surface area contributed by atoms with E-state index in [0.717, 1.165) is 36.2 Å². The van der Waals surface area contributed by atoms with E-state index in [1.807, 2.05) is 54.7 Å². The number of amides is 1. The van der Waals surface area contributed by atoms with Crippen LogP contribution in [-0.4, -0.2) is 70.3 Å². The third-order valence-corrected chi connectivity index (χ3v) is 10.5.